The zero-order valence-corrected chi connectivity index (χ0v) is 26.3. The lowest BCUT2D eigenvalue weighted by Gasteiger charge is -2.30. The fraction of sp³-hybridized carbons (Fsp3) is 0. The number of fused-ring (bicyclic) bond motifs is 5. The van der Waals surface area contributed by atoms with Crippen molar-refractivity contribution in [1.29, 1.82) is 0 Å². The van der Waals surface area contributed by atoms with Crippen molar-refractivity contribution < 1.29 is 4.42 Å². The number of anilines is 3. The molecule has 0 aliphatic heterocycles. The van der Waals surface area contributed by atoms with Crippen LogP contribution >= 0.6 is 0 Å². The Labute approximate surface area is 279 Å². The van der Waals surface area contributed by atoms with Gasteiger partial charge in [0.2, 0.25) is 0 Å². The van der Waals surface area contributed by atoms with Crippen LogP contribution in [0.25, 0.3) is 66.1 Å². The molecule has 2 nitrogen and oxygen atoms in total. The highest BCUT2D eigenvalue weighted by molar-refractivity contribution is 6.15. The Morgan fingerprint density at radius 2 is 0.917 bits per heavy atom. The van der Waals surface area contributed by atoms with Gasteiger partial charge in [-0.1, -0.05) is 146 Å². The summed E-state index contributed by atoms with van der Waals surface area (Å²) in [6.07, 6.45) is 0. The Morgan fingerprint density at radius 3 is 1.65 bits per heavy atom. The van der Waals surface area contributed by atoms with Gasteiger partial charge in [-0.05, 0) is 70.1 Å². The van der Waals surface area contributed by atoms with E-state index in [-0.39, 0.29) is 0 Å². The summed E-state index contributed by atoms with van der Waals surface area (Å²) in [5.74, 6) is 0. The highest BCUT2D eigenvalue weighted by Crippen LogP contribution is 2.46. The predicted octanol–water partition coefficient (Wildman–Crippen LogP) is 13.2. The van der Waals surface area contributed by atoms with E-state index >= 15 is 0 Å². The highest BCUT2D eigenvalue weighted by atomic mass is 16.3. The molecule has 0 atom stereocenters. The molecule has 0 bridgehead atoms. The van der Waals surface area contributed by atoms with E-state index in [4.69, 9.17) is 4.42 Å². The van der Waals surface area contributed by atoms with Crippen molar-refractivity contribution in [2.45, 2.75) is 0 Å². The minimum Gasteiger partial charge on any atom is -0.455 e. The van der Waals surface area contributed by atoms with Gasteiger partial charge in [-0.15, -0.1) is 0 Å². The van der Waals surface area contributed by atoms with Crippen LogP contribution in [-0.4, -0.2) is 0 Å². The average molecular weight is 614 g/mol. The molecule has 0 spiro atoms. The van der Waals surface area contributed by atoms with Crippen molar-refractivity contribution in [3.05, 3.63) is 188 Å². The fourth-order valence-corrected chi connectivity index (χ4v) is 6.96. The van der Waals surface area contributed by atoms with Gasteiger partial charge < -0.3 is 9.32 Å². The lowest BCUT2D eigenvalue weighted by Crippen LogP contribution is -2.12. The van der Waals surface area contributed by atoms with Gasteiger partial charge in [-0.3, -0.25) is 0 Å². The summed E-state index contributed by atoms with van der Waals surface area (Å²) in [5, 5.41) is 4.56. The van der Waals surface area contributed by atoms with E-state index in [2.05, 4.69) is 193 Å². The molecule has 226 valence electrons. The zero-order chi connectivity index (χ0) is 31.9. The maximum atomic E-state index is 6.47. The molecular weight excluding hydrogens is 583 g/mol. The van der Waals surface area contributed by atoms with Crippen LogP contribution in [0.2, 0.25) is 0 Å². The Balaban J connectivity index is 1.24. The molecule has 0 saturated heterocycles. The SMILES string of the molecule is c1ccc(-c2ccc(N(c3ccccc3-c3ccccc3)c3ccccc3-c3ccc4oc5c6ccccc6ccc5c4c3)cc2)cc1. The van der Waals surface area contributed by atoms with Crippen LogP contribution in [0, 0.1) is 0 Å². The van der Waals surface area contributed by atoms with Gasteiger partial charge in [-0.25, -0.2) is 0 Å². The topological polar surface area (TPSA) is 16.4 Å². The van der Waals surface area contributed by atoms with E-state index in [0.717, 1.165) is 55.5 Å². The fourth-order valence-electron chi connectivity index (χ4n) is 6.96. The van der Waals surface area contributed by atoms with Crippen LogP contribution in [0.15, 0.2) is 192 Å². The molecular formula is C46H31NO. The van der Waals surface area contributed by atoms with Crippen LogP contribution in [0.3, 0.4) is 0 Å². The van der Waals surface area contributed by atoms with Crippen LogP contribution in [-0.2, 0) is 0 Å². The second-order valence-electron chi connectivity index (χ2n) is 12.1. The monoisotopic (exact) mass is 613 g/mol. The summed E-state index contributed by atoms with van der Waals surface area (Å²) in [4.78, 5) is 2.40. The average Bonchev–Trinajstić information content (AvgIpc) is 3.55. The van der Waals surface area contributed by atoms with Crippen LogP contribution in [0.5, 0.6) is 0 Å². The smallest absolute Gasteiger partial charge is 0.143 e. The summed E-state index contributed by atoms with van der Waals surface area (Å²) in [7, 11) is 0. The summed E-state index contributed by atoms with van der Waals surface area (Å²) in [5.41, 5.74) is 12.2. The third kappa shape index (κ3) is 4.83. The van der Waals surface area contributed by atoms with Crippen LogP contribution < -0.4 is 4.90 Å². The maximum absolute atomic E-state index is 6.47. The molecule has 0 radical (unpaired) electrons. The quantitative estimate of drug-likeness (QED) is 0.185. The van der Waals surface area contributed by atoms with Crippen molar-refractivity contribution >= 4 is 49.8 Å². The summed E-state index contributed by atoms with van der Waals surface area (Å²) in [6, 6.07) is 66.9. The summed E-state index contributed by atoms with van der Waals surface area (Å²) < 4.78 is 6.47. The number of hydrogen-bond acceptors (Lipinski definition) is 2. The van der Waals surface area contributed by atoms with Gasteiger partial charge in [0.25, 0.3) is 0 Å². The third-order valence-corrected chi connectivity index (χ3v) is 9.28. The van der Waals surface area contributed by atoms with Crippen molar-refractivity contribution in [1.82, 2.24) is 0 Å². The first-order valence-electron chi connectivity index (χ1n) is 16.4. The van der Waals surface area contributed by atoms with Crippen LogP contribution in [0.4, 0.5) is 17.1 Å². The minimum absolute atomic E-state index is 0.894. The lowest BCUT2D eigenvalue weighted by molar-refractivity contribution is 0.672. The summed E-state index contributed by atoms with van der Waals surface area (Å²) in [6.45, 7) is 0. The number of rotatable bonds is 6. The van der Waals surface area contributed by atoms with Gasteiger partial charge in [0.15, 0.2) is 0 Å². The molecule has 0 amide bonds. The first-order chi connectivity index (χ1) is 23.8. The third-order valence-electron chi connectivity index (χ3n) is 9.28. The Morgan fingerprint density at radius 1 is 0.354 bits per heavy atom. The molecule has 0 aliphatic carbocycles. The maximum Gasteiger partial charge on any atom is 0.143 e. The normalized spacial score (nSPS) is 11.3. The molecule has 2 heteroatoms. The van der Waals surface area contributed by atoms with Gasteiger partial charge in [0.1, 0.15) is 11.2 Å². The van der Waals surface area contributed by atoms with Gasteiger partial charge in [0, 0.05) is 33.0 Å². The molecule has 48 heavy (non-hydrogen) atoms. The van der Waals surface area contributed by atoms with E-state index in [0.29, 0.717) is 0 Å². The van der Waals surface area contributed by atoms with Crippen molar-refractivity contribution in [2.24, 2.45) is 0 Å². The van der Waals surface area contributed by atoms with E-state index in [1.165, 1.54) is 27.6 Å². The molecule has 0 N–H and O–H groups in total. The van der Waals surface area contributed by atoms with Crippen molar-refractivity contribution in [2.75, 3.05) is 4.90 Å². The first kappa shape index (κ1) is 27.9. The Hall–Kier alpha value is -6.38. The largest absolute Gasteiger partial charge is 0.455 e. The zero-order valence-electron chi connectivity index (χ0n) is 26.3. The van der Waals surface area contributed by atoms with Gasteiger partial charge in [0.05, 0.1) is 11.4 Å². The molecule has 0 aliphatic rings. The van der Waals surface area contributed by atoms with E-state index in [9.17, 15) is 0 Å². The summed E-state index contributed by atoms with van der Waals surface area (Å²) >= 11 is 0. The van der Waals surface area contributed by atoms with Crippen LogP contribution in [0.1, 0.15) is 0 Å². The number of furan rings is 1. The molecule has 0 fully saturated rings. The number of hydrogen-bond donors (Lipinski definition) is 0. The number of benzene rings is 8. The Kier molecular flexibility index (Phi) is 6.84. The molecule has 1 aromatic heterocycles. The second-order valence-corrected chi connectivity index (χ2v) is 12.1. The lowest BCUT2D eigenvalue weighted by atomic mass is 9.97. The molecule has 9 rings (SSSR count). The predicted molar refractivity (Wildman–Crippen MR) is 202 cm³/mol. The Bertz CT molecular complexity index is 2550. The van der Waals surface area contributed by atoms with Gasteiger partial charge in [-0.2, -0.15) is 0 Å². The minimum atomic E-state index is 0.894. The van der Waals surface area contributed by atoms with Gasteiger partial charge >= 0.3 is 0 Å². The standard InChI is InChI=1S/C46H31NO/c1-3-13-32(14-4-1)33-23-27-37(28-24-33)47(43-21-11-9-18-38(43)34-15-5-2-6-16-34)44-22-12-10-19-39(44)36-26-30-45-42(31-36)41-29-25-35-17-7-8-20-40(35)46(41)48-45/h1-31H. The van der Waals surface area contributed by atoms with E-state index in [1.807, 2.05) is 0 Å². The molecule has 0 unspecified atom stereocenters. The van der Waals surface area contributed by atoms with E-state index < -0.39 is 0 Å². The molecule has 9 aromatic rings. The molecule has 8 aromatic carbocycles. The number of para-hydroxylation sites is 2. The second kappa shape index (κ2) is 11.8. The van der Waals surface area contributed by atoms with Crippen molar-refractivity contribution in [3.63, 3.8) is 0 Å². The number of nitrogens with zero attached hydrogens (tertiary/aromatic N) is 1. The highest BCUT2D eigenvalue weighted by Gasteiger charge is 2.21. The van der Waals surface area contributed by atoms with Crippen molar-refractivity contribution in [3.8, 4) is 33.4 Å². The molecule has 0 saturated carbocycles. The first-order valence-corrected chi connectivity index (χ1v) is 16.4. The molecule has 1 heterocycles. The van der Waals surface area contributed by atoms with E-state index in [1.54, 1.807) is 0 Å².